The van der Waals surface area contributed by atoms with Crippen molar-refractivity contribution in [3.63, 3.8) is 0 Å². The Kier molecular flexibility index (Phi) is 13.5. The molecule has 4 aromatic rings. The van der Waals surface area contributed by atoms with Crippen LogP contribution in [0.5, 0.6) is 0 Å². The first-order valence-corrected chi connectivity index (χ1v) is 20.3. The van der Waals surface area contributed by atoms with Gasteiger partial charge in [-0.2, -0.15) is 12.1 Å². The SMILES string of the molecule is CCCCC[Si]=[Hf+2].CCc1ccc(CC)c2[cH-]c(C)cc12.CCc1ccc(CC)c2[cH-]c(C)cc12. The van der Waals surface area contributed by atoms with Gasteiger partial charge in [0.05, 0.1) is 0 Å². The van der Waals surface area contributed by atoms with Crippen molar-refractivity contribution in [3.05, 3.63) is 81.9 Å². The number of rotatable bonds is 8. The second kappa shape index (κ2) is 15.8. The summed E-state index contributed by atoms with van der Waals surface area (Å²) in [6.45, 7) is 15.5. The summed E-state index contributed by atoms with van der Waals surface area (Å²) in [5.41, 5.74) is 8.68. The number of benzene rings is 2. The molecule has 0 nitrogen and oxygen atoms in total. The summed E-state index contributed by atoms with van der Waals surface area (Å²) in [5, 5.41) is 5.85. The largest absolute Gasteiger partial charge is 0.165 e. The van der Waals surface area contributed by atoms with Crippen LogP contribution in [0.4, 0.5) is 0 Å². The van der Waals surface area contributed by atoms with Gasteiger partial charge < -0.3 is 0 Å². The van der Waals surface area contributed by atoms with Crippen molar-refractivity contribution in [2.75, 3.05) is 0 Å². The van der Waals surface area contributed by atoms with E-state index in [2.05, 4.69) is 97.0 Å². The van der Waals surface area contributed by atoms with Gasteiger partial charge >= 0.3 is 61.4 Å². The van der Waals surface area contributed by atoms with Gasteiger partial charge in [0.2, 0.25) is 0 Å². The van der Waals surface area contributed by atoms with Gasteiger partial charge in [-0.1, -0.05) is 77.6 Å². The number of hydrogen-bond donors (Lipinski definition) is 0. The summed E-state index contributed by atoms with van der Waals surface area (Å²) in [7, 11) is 0. The monoisotopic (exact) mass is 649 g/mol. The van der Waals surface area contributed by atoms with Crippen molar-refractivity contribution in [1.82, 2.24) is 0 Å². The van der Waals surface area contributed by atoms with Crippen LogP contribution in [-0.2, 0) is 48.7 Å². The number of fused-ring (bicyclic) bond motifs is 2. The van der Waals surface area contributed by atoms with Crippen molar-refractivity contribution >= 4 is 27.8 Å². The predicted molar refractivity (Wildman–Crippen MR) is 156 cm³/mol. The summed E-state index contributed by atoms with van der Waals surface area (Å²) in [6.07, 6.45) is 10.1. The zero-order valence-corrected chi connectivity index (χ0v) is 27.9. The molecule has 4 rings (SSSR count). The van der Waals surface area contributed by atoms with E-state index in [9.17, 15) is 0 Å². The Morgan fingerprint density at radius 3 is 1.37 bits per heavy atom. The van der Waals surface area contributed by atoms with Crippen LogP contribution in [0, 0.1) is 13.8 Å². The van der Waals surface area contributed by atoms with Gasteiger partial charge in [0, 0.05) is 0 Å². The third-order valence-electron chi connectivity index (χ3n) is 6.85. The average Bonchev–Trinajstić information content (AvgIpc) is 3.46. The smallest absolute Gasteiger partial charge is 0.0397 e. The summed E-state index contributed by atoms with van der Waals surface area (Å²) < 4.78 is 0. The molecule has 0 bridgehead atoms. The molecule has 0 saturated heterocycles. The van der Waals surface area contributed by atoms with Crippen LogP contribution in [0.15, 0.2) is 48.5 Å². The first kappa shape index (κ1) is 30.0. The van der Waals surface area contributed by atoms with E-state index < -0.39 is 0 Å². The third-order valence-corrected chi connectivity index (χ3v) is 10.2. The van der Waals surface area contributed by atoms with Crippen molar-refractivity contribution in [1.29, 1.82) is 0 Å². The van der Waals surface area contributed by atoms with Gasteiger partial charge in [-0.15, -0.1) is 68.1 Å². The standard InChI is InChI=1S/2C14H17.C5H11Si.Hf/c2*1-4-11-6-7-12(5-2)14-9-10(3)8-13(11)14;1-2-3-4-5-6;/h2*6-9H,4-5H2,1-3H3;2-5H2,1H3;/q2*-1;;+2. The molecule has 0 N–H and O–H groups in total. The molecular weight excluding hydrogens is 603 g/mol. The maximum absolute atomic E-state index is 2.31. The van der Waals surface area contributed by atoms with Gasteiger partial charge in [0.1, 0.15) is 0 Å². The fourth-order valence-corrected chi connectivity index (χ4v) is 7.16. The van der Waals surface area contributed by atoms with Gasteiger partial charge in [0.15, 0.2) is 0 Å². The zero-order chi connectivity index (χ0) is 25.8. The molecule has 0 amide bonds. The molecule has 185 valence electrons. The first-order valence-electron chi connectivity index (χ1n) is 13.7. The summed E-state index contributed by atoms with van der Waals surface area (Å²) in [6, 6.07) is 19.9. The maximum atomic E-state index is 2.31. The van der Waals surface area contributed by atoms with Crippen molar-refractivity contribution in [3.8, 4) is 0 Å². The Labute approximate surface area is 231 Å². The van der Waals surface area contributed by atoms with E-state index in [1.807, 2.05) is 0 Å². The minimum atomic E-state index is 1.13. The van der Waals surface area contributed by atoms with E-state index in [-0.39, 0.29) is 0 Å². The second-order valence-electron chi connectivity index (χ2n) is 9.54. The van der Waals surface area contributed by atoms with Crippen LogP contribution in [0.2, 0.25) is 6.04 Å². The Hall–Kier alpha value is -1.25. The van der Waals surface area contributed by atoms with Crippen LogP contribution in [0.25, 0.3) is 21.5 Å². The van der Waals surface area contributed by atoms with Gasteiger partial charge in [-0.25, -0.2) is 0 Å². The quantitative estimate of drug-likeness (QED) is 0.101. The van der Waals surface area contributed by atoms with E-state index >= 15 is 0 Å². The zero-order valence-electron chi connectivity index (χ0n) is 23.3. The third kappa shape index (κ3) is 8.39. The number of aryl methyl sites for hydroxylation is 6. The summed E-state index contributed by atoms with van der Waals surface area (Å²) >= 11 is 1.43. The Bertz CT molecular complexity index is 1020. The van der Waals surface area contributed by atoms with Crippen LogP contribution < -0.4 is 0 Å². The molecular formula is C33H45HfSi. The molecule has 0 atom stereocenters. The molecule has 35 heavy (non-hydrogen) atoms. The molecule has 2 heteroatoms. The van der Waals surface area contributed by atoms with E-state index in [1.54, 1.807) is 0 Å². The van der Waals surface area contributed by atoms with Crippen molar-refractivity contribution < 1.29 is 23.0 Å². The molecule has 0 unspecified atom stereocenters. The minimum Gasteiger partial charge on any atom is -0.165 e. The van der Waals surface area contributed by atoms with Crippen molar-refractivity contribution in [2.24, 2.45) is 0 Å². The molecule has 4 aromatic carbocycles. The van der Waals surface area contributed by atoms with Crippen molar-refractivity contribution in [2.45, 2.75) is 99.5 Å². The minimum absolute atomic E-state index is 1.13. The van der Waals surface area contributed by atoms with Crippen LogP contribution in [-0.4, -0.2) is 6.22 Å². The summed E-state index contributed by atoms with van der Waals surface area (Å²) in [5.74, 6) is 0. The first-order chi connectivity index (χ1) is 16.9. The number of hydrogen-bond acceptors (Lipinski definition) is 0. The number of unbranched alkanes of at least 4 members (excludes halogenated alkanes) is 2. The summed E-state index contributed by atoms with van der Waals surface area (Å²) in [4.78, 5) is 0. The Morgan fingerprint density at radius 2 is 1.03 bits per heavy atom. The van der Waals surface area contributed by atoms with Crippen LogP contribution in [0.1, 0.15) is 87.3 Å². The molecule has 0 spiro atoms. The van der Waals surface area contributed by atoms with Crippen LogP contribution in [0.3, 0.4) is 0 Å². The molecule has 0 heterocycles. The molecule has 0 aliphatic rings. The van der Waals surface area contributed by atoms with E-state index in [0.29, 0.717) is 0 Å². The average molecular weight is 648 g/mol. The Balaban J connectivity index is 0.000000197. The van der Waals surface area contributed by atoms with Crippen LogP contribution >= 0.6 is 0 Å². The van der Waals surface area contributed by atoms with Gasteiger partial charge in [0.25, 0.3) is 0 Å². The van der Waals surface area contributed by atoms with E-state index in [0.717, 1.165) is 25.7 Å². The molecule has 0 saturated carbocycles. The molecule has 0 fully saturated rings. The Morgan fingerprint density at radius 1 is 0.629 bits per heavy atom. The normalized spacial score (nSPS) is 10.7. The molecule has 0 aliphatic heterocycles. The fraction of sp³-hybridized carbons (Fsp3) is 0.455. The maximum Gasteiger partial charge on any atom is -0.0397 e. The topological polar surface area (TPSA) is 0 Å². The van der Waals surface area contributed by atoms with E-state index in [1.165, 1.54) is 109 Å². The molecule has 1 radical (unpaired) electrons. The van der Waals surface area contributed by atoms with Gasteiger partial charge in [-0.3, -0.25) is 0 Å². The predicted octanol–water partition coefficient (Wildman–Crippen LogP) is 9.74. The second-order valence-corrected chi connectivity index (χ2v) is 14.2. The molecule has 0 aromatic heterocycles. The van der Waals surface area contributed by atoms with Gasteiger partial charge in [-0.05, 0) is 12.8 Å². The van der Waals surface area contributed by atoms with E-state index in [4.69, 9.17) is 0 Å². The fourth-order valence-electron chi connectivity index (χ4n) is 4.83. The molecule has 0 aliphatic carbocycles.